The van der Waals surface area contributed by atoms with E-state index in [1.807, 2.05) is 28.9 Å². The van der Waals surface area contributed by atoms with Crippen molar-refractivity contribution in [3.8, 4) is 0 Å². The first-order chi connectivity index (χ1) is 12.0. The van der Waals surface area contributed by atoms with Crippen LogP contribution in [0.2, 0.25) is 0 Å². The van der Waals surface area contributed by atoms with Gasteiger partial charge in [0.2, 0.25) is 0 Å². The van der Waals surface area contributed by atoms with Crippen LogP contribution in [0.5, 0.6) is 0 Å². The van der Waals surface area contributed by atoms with Gasteiger partial charge in [-0.05, 0) is 43.6 Å². The minimum Gasteiger partial charge on any atom is -0.373 e. The van der Waals surface area contributed by atoms with Crippen molar-refractivity contribution in [1.29, 1.82) is 0 Å². The van der Waals surface area contributed by atoms with E-state index in [1.165, 1.54) is 19.3 Å². The monoisotopic (exact) mass is 348 g/mol. The summed E-state index contributed by atoms with van der Waals surface area (Å²) in [6.07, 6.45) is 9.69. The zero-order chi connectivity index (χ0) is 17.9. The summed E-state index contributed by atoms with van der Waals surface area (Å²) >= 11 is 0. The van der Waals surface area contributed by atoms with Crippen LogP contribution >= 0.6 is 0 Å². The molecule has 0 spiro atoms. The van der Waals surface area contributed by atoms with Gasteiger partial charge in [0, 0.05) is 18.8 Å². The highest BCUT2D eigenvalue weighted by molar-refractivity contribution is 5.74. The summed E-state index contributed by atoms with van der Waals surface area (Å²) in [7, 11) is 0. The highest BCUT2D eigenvalue weighted by atomic mass is 16.5. The van der Waals surface area contributed by atoms with Gasteiger partial charge in [-0.1, -0.05) is 20.3 Å². The molecule has 1 saturated carbocycles. The van der Waals surface area contributed by atoms with Crippen molar-refractivity contribution in [3.63, 3.8) is 0 Å². The minimum absolute atomic E-state index is 0.00791. The fourth-order valence-electron chi connectivity index (χ4n) is 3.87. The number of hydrogen-bond donors (Lipinski definition) is 1. The molecule has 6 nitrogen and oxygen atoms in total. The number of nitrogens with zero attached hydrogens (tertiary/aromatic N) is 3. The number of nitrogens with one attached hydrogen (secondary N) is 1. The Morgan fingerprint density at radius 1 is 1.44 bits per heavy atom. The van der Waals surface area contributed by atoms with Crippen LogP contribution in [-0.4, -0.2) is 52.6 Å². The van der Waals surface area contributed by atoms with E-state index in [4.69, 9.17) is 4.74 Å². The fourth-order valence-corrected chi connectivity index (χ4v) is 3.87. The molecule has 0 radical (unpaired) electrons. The number of amides is 2. The molecular formula is C19H32N4O2. The van der Waals surface area contributed by atoms with Gasteiger partial charge in [0.25, 0.3) is 0 Å². The summed E-state index contributed by atoms with van der Waals surface area (Å²) in [5.41, 5.74) is 1.61. The van der Waals surface area contributed by atoms with Crippen LogP contribution in [0.25, 0.3) is 0 Å². The molecule has 1 aliphatic heterocycles. The first-order valence-electron chi connectivity index (χ1n) is 9.63. The maximum atomic E-state index is 12.6. The van der Waals surface area contributed by atoms with E-state index >= 15 is 0 Å². The summed E-state index contributed by atoms with van der Waals surface area (Å²) in [5.74, 6) is 0. The normalized spacial score (nSPS) is 30.3. The van der Waals surface area contributed by atoms with Crippen LogP contribution in [0, 0.1) is 12.3 Å². The first kappa shape index (κ1) is 18.2. The smallest absolute Gasteiger partial charge is 0.317 e. The maximum Gasteiger partial charge on any atom is 0.317 e. The number of urea groups is 1. The number of morpholine rings is 1. The molecule has 1 N–H and O–H groups in total. The molecule has 1 atom stereocenters. The molecule has 3 rings (SSSR count). The molecule has 6 heteroatoms. The second-order valence-corrected chi connectivity index (χ2v) is 8.07. The van der Waals surface area contributed by atoms with E-state index in [0.29, 0.717) is 37.7 Å². The molecule has 2 heterocycles. The third-order valence-corrected chi connectivity index (χ3v) is 5.95. The molecule has 0 bridgehead atoms. The van der Waals surface area contributed by atoms with Crippen LogP contribution in [0.15, 0.2) is 12.4 Å². The molecular weight excluding hydrogens is 316 g/mol. The van der Waals surface area contributed by atoms with Gasteiger partial charge in [-0.15, -0.1) is 0 Å². The Hall–Kier alpha value is -1.56. The number of carbonyl (C=O) groups is 1. The van der Waals surface area contributed by atoms with Crippen LogP contribution in [-0.2, 0) is 11.3 Å². The van der Waals surface area contributed by atoms with Gasteiger partial charge < -0.3 is 15.0 Å². The Labute approximate surface area is 150 Å². The zero-order valence-corrected chi connectivity index (χ0v) is 15.8. The van der Waals surface area contributed by atoms with Gasteiger partial charge in [0.15, 0.2) is 0 Å². The van der Waals surface area contributed by atoms with Crippen molar-refractivity contribution in [2.75, 3.05) is 19.7 Å². The van der Waals surface area contributed by atoms with E-state index < -0.39 is 0 Å². The van der Waals surface area contributed by atoms with E-state index in [9.17, 15) is 4.79 Å². The Morgan fingerprint density at radius 2 is 2.20 bits per heavy atom. The number of ether oxygens (including phenoxy) is 1. The van der Waals surface area contributed by atoms with Gasteiger partial charge in [0.05, 0.1) is 32.0 Å². The zero-order valence-electron chi connectivity index (χ0n) is 15.8. The number of carbonyl (C=O) groups excluding carboxylic acids is 1. The lowest BCUT2D eigenvalue weighted by molar-refractivity contribution is -0.0243. The Kier molecular flexibility index (Phi) is 5.67. The molecule has 1 aromatic rings. The van der Waals surface area contributed by atoms with Crippen LogP contribution in [0.4, 0.5) is 4.79 Å². The number of hydrogen-bond acceptors (Lipinski definition) is 3. The van der Waals surface area contributed by atoms with Gasteiger partial charge in [-0.2, -0.15) is 5.10 Å². The predicted octanol–water partition coefficient (Wildman–Crippen LogP) is 2.96. The highest BCUT2D eigenvalue weighted by Crippen LogP contribution is 2.38. The molecule has 1 aliphatic carbocycles. The number of aryl methyl sites for hydroxylation is 1. The lowest BCUT2D eigenvalue weighted by Gasteiger charge is -2.38. The van der Waals surface area contributed by atoms with Crippen molar-refractivity contribution in [3.05, 3.63) is 18.0 Å². The van der Waals surface area contributed by atoms with Crippen molar-refractivity contribution >= 4 is 6.03 Å². The Morgan fingerprint density at radius 3 is 2.84 bits per heavy atom. The third kappa shape index (κ3) is 4.75. The predicted molar refractivity (Wildman–Crippen MR) is 97.5 cm³/mol. The Balaban J connectivity index is 1.47. The highest BCUT2D eigenvalue weighted by Gasteiger charge is 2.31. The molecule has 140 valence electrons. The maximum absolute atomic E-state index is 12.6. The molecule has 2 fully saturated rings. The Bertz CT molecular complexity index is 578. The second-order valence-electron chi connectivity index (χ2n) is 8.07. The summed E-state index contributed by atoms with van der Waals surface area (Å²) in [4.78, 5) is 14.5. The molecule has 25 heavy (non-hydrogen) atoms. The van der Waals surface area contributed by atoms with Gasteiger partial charge >= 0.3 is 6.03 Å². The largest absolute Gasteiger partial charge is 0.373 e. The molecule has 1 unspecified atom stereocenters. The van der Waals surface area contributed by atoms with Gasteiger partial charge in [-0.25, -0.2) is 4.79 Å². The first-order valence-corrected chi connectivity index (χ1v) is 9.63. The quantitative estimate of drug-likeness (QED) is 0.910. The van der Waals surface area contributed by atoms with Crippen molar-refractivity contribution in [2.24, 2.45) is 5.41 Å². The average Bonchev–Trinajstić information content (AvgIpc) is 3.02. The summed E-state index contributed by atoms with van der Waals surface area (Å²) < 4.78 is 7.72. The summed E-state index contributed by atoms with van der Waals surface area (Å²) in [5, 5.41) is 7.56. The summed E-state index contributed by atoms with van der Waals surface area (Å²) in [6, 6.07) is 0.386. The molecule has 2 aliphatic rings. The third-order valence-electron chi connectivity index (χ3n) is 5.95. The van der Waals surface area contributed by atoms with E-state index in [1.54, 1.807) is 0 Å². The fraction of sp³-hybridized carbons (Fsp3) is 0.789. The average molecular weight is 348 g/mol. The lowest BCUT2D eigenvalue weighted by atomic mass is 9.72. The SMILES string of the molecule is CCC1(C)CCC(NC(=O)N2CCOC(Cn3cc(C)cn3)C2)CC1. The lowest BCUT2D eigenvalue weighted by Crippen LogP contribution is -2.53. The summed E-state index contributed by atoms with van der Waals surface area (Å²) in [6.45, 7) is 9.25. The van der Waals surface area contributed by atoms with E-state index in [0.717, 1.165) is 18.4 Å². The molecule has 1 aromatic heterocycles. The minimum atomic E-state index is 0.00791. The van der Waals surface area contributed by atoms with Crippen molar-refractivity contribution in [1.82, 2.24) is 20.0 Å². The van der Waals surface area contributed by atoms with Crippen LogP contribution < -0.4 is 5.32 Å². The molecule has 0 aromatic carbocycles. The van der Waals surface area contributed by atoms with E-state index in [-0.39, 0.29) is 12.1 Å². The van der Waals surface area contributed by atoms with Gasteiger partial charge in [-0.3, -0.25) is 4.68 Å². The topological polar surface area (TPSA) is 59.4 Å². The number of aromatic nitrogens is 2. The standard InChI is InChI=1S/C19H32N4O2/c1-4-19(3)7-5-16(6-8-19)21-18(24)22-9-10-25-17(13-22)14-23-12-15(2)11-20-23/h11-12,16-17H,4-10,13-14H2,1-3H3,(H,21,24). The van der Waals surface area contributed by atoms with Crippen LogP contribution in [0.3, 0.4) is 0 Å². The number of rotatable bonds is 4. The van der Waals surface area contributed by atoms with E-state index in [2.05, 4.69) is 24.3 Å². The van der Waals surface area contributed by atoms with Crippen molar-refractivity contribution < 1.29 is 9.53 Å². The van der Waals surface area contributed by atoms with Gasteiger partial charge in [0.1, 0.15) is 0 Å². The van der Waals surface area contributed by atoms with Crippen LogP contribution in [0.1, 0.15) is 51.5 Å². The van der Waals surface area contributed by atoms with Crippen molar-refractivity contribution in [2.45, 2.75) is 71.6 Å². The second kappa shape index (κ2) is 7.77. The molecule has 2 amide bonds. The molecule has 1 saturated heterocycles.